The van der Waals surface area contributed by atoms with Crippen LogP contribution in [-0.4, -0.2) is 36.1 Å². The third-order valence-electron chi connectivity index (χ3n) is 3.30. The molecule has 0 radical (unpaired) electrons. The lowest BCUT2D eigenvalue weighted by atomic mass is 9.82. The van der Waals surface area contributed by atoms with Crippen LogP contribution in [-0.2, 0) is 4.79 Å². The molecule has 1 aliphatic rings. The van der Waals surface area contributed by atoms with Gasteiger partial charge in [-0.25, -0.2) is 0 Å². The van der Waals surface area contributed by atoms with Crippen molar-refractivity contribution in [1.29, 1.82) is 0 Å². The summed E-state index contributed by atoms with van der Waals surface area (Å²) in [4.78, 5) is 13.6. The SMILES string of the molecule is CCN(C)C(=O)C1CCC(CO)CC1. The molecule has 0 spiro atoms. The van der Waals surface area contributed by atoms with Gasteiger partial charge in [0.05, 0.1) is 0 Å². The van der Waals surface area contributed by atoms with Crippen LogP contribution in [0.2, 0.25) is 0 Å². The summed E-state index contributed by atoms with van der Waals surface area (Å²) in [6, 6.07) is 0. The minimum absolute atomic E-state index is 0.211. The van der Waals surface area contributed by atoms with Crippen molar-refractivity contribution in [2.24, 2.45) is 11.8 Å². The first-order valence-corrected chi connectivity index (χ1v) is 5.54. The van der Waals surface area contributed by atoms with E-state index in [9.17, 15) is 4.79 Å². The largest absolute Gasteiger partial charge is 0.396 e. The monoisotopic (exact) mass is 199 g/mol. The number of hydrogen-bond donors (Lipinski definition) is 1. The fourth-order valence-corrected chi connectivity index (χ4v) is 2.06. The van der Waals surface area contributed by atoms with Crippen LogP contribution in [0.3, 0.4) is 0 Å². The lowest BCUT2D eigenvalue weighted by Crippen LogP contribution is -2.35. The highest BCUT2D eigenvalue weighted by atomic mass is 16.3. The number of carbonyl (C=O) groups is 1. The van der Waals surface area contributed by atoms with E-state index in [-0.39, 0.29) is 18.4 Å². The molecule has 14 heavy (non-hydrogen) atoms. The van der Waals surface area contributed by atoms with Gasteiger partial charge in [0, 0.05) is 26.1 Å². The van der Waals surface area contributed by atoms with Crippen LogP contribution in [0.1, 0.15) is 32.6 Å². The van der Waals surface area contributed by atoms with Crippen molar-refractivity contribution >= 4 is 5.91 Å². The van der Waals surface area contributed by atoms with E-state index in [0.29, 0.717) is 5.92 Å². The van der Waals surface area contributed by atoms with Crippen molar-refractivity contribution in [3.8, 4) is 0 Å². The molecule has 1 amide bonds. The lowest BCUT2D eigenvalue weighted by molar-refractivity contribution is -0.135. The van der Waals surface area contributed by atoms with Gasteiger partial charge < -0.3 is 10.0 Å². The van der Waals surface area contributed by atoms with Gasteiger partial charge in [-0.2, -0.15) is 0 Å². The van der Waals surface area contributed by atoms with E-state index in [1.165, 1.54) is 0 Å². The third kappa shape index (κ3) is 2.71. The molecule has 1 saturated carbocycles. The fraction of sp³-hybridized carbons (Fsp3) is 0.909. The highest BCUT2D eigenvalue weighted by molar-refractivity contribution is 5.78. The number of aliphatic hydroxyl groups is 1. The number of nitrogens with zero attached hydrogens (tertiary/aromatic N) is 1. The molecule has 1 fully saturated rings. The van der Waals surface area contributed by atoms with Crippen LogP contribution >= 0.6 is 0 Å². The van der Waals surface area contributed by atoms with Crippen LogP contribution in [0.5, 0.6) is 0 Å². The van der Waals surface area contributed by atoms with Gasteiger partial charge in [-0.05, 0) is 38.5 Å². The normalized spacial score (nSPS) is 27.4. The number of aliphatic hydroxyl groups excluding tert-OH is 1. The molecule has 0 aromatic heterocycles. The van der Waals surface area contributed by atoms with Crippen LogP contribution in [0, 0.1) is 11.8 Å². The van der Waals surface area contributed by atoms with E-state index >= 15 is 0 Å². The quantitative estimate of drug-likeness (QED) is 0.743. The Bertz CT molecular complexity index is 186. The molecule has 1 rings (SSSR count). The van der Waals surface area contributed by atoms with Gasteiger partial charge in [0.25, 0.3) is 0 Å². The van der Waals surface area contributed by atoms with Crippen LogP contribution in [0.4, 0.5) is 0 Å². The van der Waals surface area contributed by atoms with Gasteiger partial charge in [-0.1, -0.05) is 0 Å². The van der Waals surface area contributed by atoms with E-state index in [4.69, 9.17) is 5.11 Å². The second-order valence-electron chi connectivity index (χ2n) is 4.25. The molecule has 0 aromatic rings. The van der Waals surface area contributed by atoms with E-state index in [2.05, 4.69) is 0 Å². The van der Waals surface area contributed by atoms with Crippen molar-refractivity contribution in [1.82, 2.24) is 4.90 Å². The smallest absolute Gasteiger partial charge is 0.225 e. The summed E-state index contributed by atoms with van der Waals surface area (Å²) in [6.07, 6.45) is 3.91. The van der Waals surface area contributed by atoms with E-state index < -0.39 is 0 Å². The van der Waals surface area contributed by atoms with Crippen LogP contribution in [0.15, 0.2) is 0 Å². The second-order valence-corrected chi connectivity index (χ2v) is 4.25. The molecule has 0 heterocycles. The Morgan fingerprint density at radius 3 is 2.36 bits per heavy atom. The zero-order valence-corrected chi connectivity index (χ0v) is 9.20. The molecule has 0 unspecified atom stereocenters. The highest BCUT2D eigenvalue weighted by Crippen LogP contribution is 2.29. The minimum atomic E-state index is 0.211. The lowest BCUT2D eigenvalue weighted by Gasteiger charge is -2.29. The fourth-order valence-electron chi connectivity index (χ4n) is 2.06. The van der Waals surface area contributed by atoms with E-state index in [1.54, 1.807) is 4.90 Å². The van der Waals surface area contributed by atoms with Crippen molar-refractivity contribution in [3.63, 3.8) is 0 Å². The average Bonchev–Trinajstić information content (AvgIpc) is 2.27. The Hall–Kier alpha value is -0.570. The molecule has 0 atom stereocenters. The zero-order chi connectivity index (χ0) is 10.6. The molecule has 0 aromatic carbocycles. The maximum absolute atomic E-state index is 11.8. The van der Waals surface area contributed by atoms with Crippen molar-refractivity contribution in [2.75, 3.05) is 20.2 Å². The first kappa shape index (κ1) is 11.5. The number of amides is 1. The number of carbonyl (C=O) groups excluding carboxylic acids is 1. The Morgan fingerprint density at radius 2 is 1.93 bits per heavy atom. The standard InChI is InChI=1S/C11H21NO2/c1-3-12(2)11(14)10-6-4-9(8-13)5-7-10/h9-10,13H,3-8H2,1-2H3. The molecule has 1 aliphatic carbocycles. The number of hydrogen-bond acceptors (Lipinski definition) is 2. The maximum atomic E-state index is 11.8. The molecule has 3 heteroatoms. The van der Waals surface area contributed by atoms with Crippen LogP contribution in [0.25, 0.3) is 0 Å². The molecular weight excluding hydrogens is 178 g/mol. The van der Waals surface area contributed by atoms with E-state index in [0.717, 1.165) is 32.2 Å². The Kier molecular flexibility index (Phi) is 4.39. The molecular formula is C11H21NO2. The van der Waals surface area contributed by atoms with Crippen molar-refractivity contribution in [3.05, 3.63) is 0 Å². The molecule has 0 aliphatic heterocycles. The van der Waals surface area contributed by atoms with Gasteiger partial charge in [0.1, 0.15) is 0 Å². The summed E-state index contributed by atoms with van der Waals surface area (Å²) in [6.45, 7) is 3.07. The Labute approximate surface area is 86.1 Å². The van der Waals surface area contributed by atoms with E-state index in [1.807, 2.05) is 14.0 Å². The second kappa shape index (κ2) is 5.35. The predicted octanol–water partition coefficient (Wildman–Crippen LogP) is 1.26. The van der Waals surface area contributed by atoms with Gasteiger partial charge >= 0.3 is 0 Å². The maximum Gasteiger partial charge on any atom is 0.225 e. The van der Waals surface area contributed by atoms with Crippen molar-refractivity contribution < 1.29 is 9.90 Å². The topological polar surface area (TPSA) is 40.5 Å². The van der Waals surface area contributed by atoms with Gasteiger partial charge in [0.2, 0.25) is 5.91 Å². The predicted molar refractivity (Wildman–Crippen MR) is 55.8 cm³/mol. The number of rotatable bonds is 3. The van der Waals surface area contributed by atoms with Gasteiger partial charge in [0.15, 0.2) is 0 Å². The summed E-state index contributed by atoms with van der Waals surface area (Å²) >= 11 is 0. The highest BCUT2D eigenvalue weighted by Gasteiger charge is 2.27. The van der Waals surface area contributed by atoms with Gasteiger partial charge in [-0.15, -0.1) is 0 Å². The van der Waals surface area contributed by atoms with Gasteiger partial charge in [-0.3, -0.25) is 4.79 Å². The molecule has 0 saturated heterocycles. The average molecular weight is 199 g/mol. The summed E-state index contributed by atoms with van der Waals surface area (Å²) in [5, 5.41) is 8.98. The summed E-state index contributed by atoms with van der Waals surface area (Å²) < 4.78 is 0. The first-order chi connectivity index (χ1) is 6.69. The summed E-state index contributed by atoms with van der Waals surface area (Å²) in [5.74, 6) is 0.928. The molecule has 3 nitrogen and oxygen atoms in total. The van der Waals surface area contributed by atoms with Crippen LogP contribution < -0.4 is 0 Å². The zero-order valence-electron chi connectivity index (χ0n) is 9.20. The Morgan fingerprint density at radius 1 is 1.36 bits per heavy atom. The summed E-state index contributed by atoms with van der Waals surface area (Å²) in [7, 11) is 1.86. The Balaban J connectivity index is 2.37. The minimum Gasteiger partial charge on any atom is -0.396 e. The molecule has 82 valence electrons. The molecule has 1 N–H and O–H groups in total. The first-order valence-electron chi connectivity index (χ1n) is 5.54. The summed E-state index contributed by atoms with van der Waals surface area (Å²) in [5.41, 5.74) is 0. The third-order valence-corrected chi connectivity index (χ3v) is 3.30. The molecule has 0 bridgehead atoms. The van der Waals surface area contributed by atoms with Crippen molar-refractivity contribution in [2.45, 2.75) is 32.6 Å².